The molecule has 1 atom stereocenters. The van der Waals surface area contributed by atoms with E-state index in [0.29, 0.717) is 34.4 Å². The van der Waals surface area contributed by atoms with Crippen molar-refractivity contribution in [1.82, 2.24) is 9.88 Å². The number of imide groups is 1. The van der Waals surface area contributed by atoms with Crippen LogP contribution in [0.3, 0.4) is 0 Å². The molecule has 2 aliphatic rings. The predicted molar refractivity (Wildman–Crippen MR) is 94.5 cm³/mol. The summed E-state index contributed by atoms with van der Waals surface area (Å²) in [5.41, 5.74) is 1.78. The molecule has 2 aliphatic heterocycles. The molecule has 1 unspecified atom stereocenters. The number of anilines is 2. The Morgan fingerprint density at radius 1 is 1.08 bits per heavy atom. The zero-order chi connectivity index (χ0) is 16.7. The normalized spacial score (nSPS) is 18.2. The minimum atomic E-state index is -0.222. The molecule has 2 aromatic rings. The van der Waals surface area contributed by atoms with E-state index in [1.807, 2.05) is 6.07 Å². The van der Waals surface area contributed by atoms with Crippen molar-refractivity contribution in [3.63, 3.8) is 0 Å². The third-order valence-electron chi connectivity index (χ3n) is 3.89. The zero-order valence-electron chi connectivity index (χ0n) is 12.5. The first-order chi connectivity index (χ1) is 11.6. The van der Waals surface area contributed by atoms with Gasteiger partial charge in [-0.2, -0.15) is 0 Å². The van der Waals surface area contributed by atoms with E-state index in [9.17, 15) is 9.59 Å². The van der Waals surface area contributed by atoms with Gasteiger partial charge in [-0.15, -0.1) is 11.8 Å². The lowest BCUT2D eigenvalue weighted by Gasteiger charge is -2.16. The fourth-order valence-electron chi connectivity index (χ4n) is 2.75. The summed E-state index contributed by atoms with van der Waals surface area (Å²) in [6, 6.07) is 10.5. The highest BCUT2D eigenvalue weighted by molar-refractivity contribution is 8.00. The van der Waals surface area contributed by atoms with E-state index in [-0.39, 0.29) is 17.3 Å². The van der Waals surface area contributed by atoms with E-state index in [1.54, 1.807) is 42.1 Å². The van der Waals surface area contributed by atoms with E-state index in [4.69, 9.17) is 11.6 Å². The molecular weight excluding hydrogens is 348 g/mol. The number of halogens is 1. The van der Waals surface area contributed by atoms with E-state index in [0.717, 1.165) is 5.69 Å². The van der Waals surface area contributed by atoms with Crippen molar-refractivity contribution in [3.05, 3.63) is 52.7 Å². The molecule has 1 aromatic heterocycles. The molecule has 2 amide bonds. The Morgan fingerprint density at radius 3 is 2.50 bits per heavy atom. The molecule has 4 rings (SSSR count). The Bertz CT molecular complexity index is 810. The van der Waals surface area contributed by atoms with Gasteiger partial charge in [0.15, 0.2) is 5.82 Å². The van der Waals surface area contributed by atoms with E-state index in [1.165, 1.54) is 4.90 Å². The first-order valence-corrected chi connectivity index (χ1v) is 8.82. The second kappa shape index (κ2) is 5.99. The van der Waals surface area contributed by atoms with Gasteiger partial charge in [0.1, 0.15) is 10.7 Å². The summed E-state index contributed by atoms with van der Waals surface area (Å²) in [6.45, 7) is 0.363. The number of pyridine rings is 1. The number of carbonyl (C=O) groups excluding carboxylic acids is 2. The van der Waals surface area contributed by atoms with Crippen molar-refractivity contribution < 1.29 is 9.59 Å². The lowest BCUT2D eigenvalue weighted by molar-refractivity contribution is 0.0664. The molecule has 0 saturated carbocycles. The van der Waals surface area contributed by atoms with E-state index >= 15 is 0 Å². The molecule has 6 nitrogen and oxygen atoms in total. The van der Waals surface area contributed by atoms with Gasteiger partial charge >= 0.3 is 0 Å². The van der Waals surface area contributed by atoms with Gasteiger partial charge in [-0.05, 0) is 24.3 Å². The van der Waals surface area contributed by atoms with Gasteiger partial charge in [-0.25, -0.2) is 4.98 Å². The number of benzene rings is 1. The maximum absolute atomic E-state index is 12.3. The van der Waals surface area contributed by atoms with Crippen molar-refractivity contribution in [2.75, 3.05) is 22.9 Å². The topological polar surface area (TPSA) is 74.3 Å². The van der Waals surface area contributed by atoms with Crippen LogP contribution >= 0.6 is 23.4 Å². The summed E-state index contributed by atoms with van der Waals surface area (Å²) in [7, 11) is 0. The van der Waals surface area contributed by atoms with Crippen LogP contribution in [0.4, 0.5) is 11.5 Å². The number of hydrogen-bond acceptors (Lipinski definition) is 6. The lowest BCUT2D eigenvalue weighted by atomic mass is 10.1. The van der Waals surface area contributed by atoms with Crippen molar-refractivity contribution >= 4 is 46.7 Å². The number of amides is 2. The Kier molecular flexibility index (Phi) is 3.82. The zero-order valence-corrected chi connectivity index (χ0v) is 14.0. The molecule has 122 valence electrons. The molecule has 0 bridgehead atoms. The van der Waals surface area contributed by atoms with Crippen molar-refractivity contribution in [3.8, 4) is 0 Å². The first kappa shape index (κ1) is 15.3. The van der Waals surface area contributed by atoms with Crippen LogP contribution in [0.25, 0.3) is 0 Å². The second-order valence-electron chi connectivity index (χ2n) is 5.38. The molecule has 2 N–H and O–H groups in total. The molecular formula is C16H13ClN4O2S. The summed E-state index contributed by atoms with van der Waals surface area (Å²) < 4.78 is 0. The number of hydrogen-bond donors (Lipinski definition) is 2. The highest BCUT2D eigenvalue weighted by Gasteiger charge is 2.34. The number of nitrogens with one attached hydrogen (secondary N) is 2. The van der Waals surface area contributed by atoms with Crippen LogP contribution in [-0.4, -0.2) is 39.5 Å². The molecule has 8 heteroatoms. The monoisotopic (exact) mass is 360 g/mol. The fourth-order valence-corrected chi connectivity index (χ4v) is 3.83. The number of fused-ring (bicyclic) bond motifs is 2. The average molecular weight is 361 g/mol. The van der Waals surface area contributed by atoms with Gasteiger partial charge in [0.05, 0.1) is 16.8 Å². The number of aromatic nitrogens is 1. The van der Waals surface area contributed by atoms with Crippen LogP contribution in [0, 0.1) is 0 Å². The van der Waals surface area contributed by atoms with Gasteiger partial charge in [0.2, 0.25) is 0 Å². The quantitative estimate of drug-likeness (QED) is 0.645. The molecule has 0 aliphatic carbocycles. The van der Waals surface area contributed by atoms with Gasteiger partial charge in [0.25, 0.3) is 11.8 Å². The molecule has 0 fully saturated rings. The van der Waals surface area contributed by atoms with Crippen molar-refractivity contribution in [2.45, 2.75) is 5.50 Å². The highest BCUT2D eigenvalue weighted by atomic mass is 35.5. The SMILES string of the molecule is O=C1c2ccccc2C(=O)N1CCSC1Nc2ccc(Cl)nc2N1. The lowest BCUT2D eigenvalue weighted by Crippen LogP contribution is -2.32. The Balaban J connectivity index is 1.35. The summed E-state index contributed by atoms with van der Waals surface area (Å²) in [5, 5.41) is 6.91. The van der Waals surface area contributed by atoms with Crippen molar-refractivity contribution in [1.29, 1.82) is 0 Å². The van der Waals surface area contributed by atoms with Gasteiger partial charge in [-0.3, -0.25) is 14.5 Å². The number of rotatable bonds is 4. The van der Waals surface area contributed by atoms with Crippen LogP contribution in [0.15, 0.2) is 36.4 Å². The minimum Gasteiger partial charge on any atom is -0.354 e. The van der Waals surface area contributed by atoms with Crippen LogP contribution in [0.1, 0.15) is 20.7 Å². The number of carbonyl (C=O) groups is 2. The largest absolute Gasteiger partial charge is 0.354 e. The van der Waals surface area contributed by atoms with E-state index in [2.05, 4.69) is 15.6 Å². The number of thioether (sulfide) groups is 1. The average Bonchev–Trinajstić information content (AvgIpc) is 3.09. The predicted octanol–water partition coefficient (Wildman–Crippen LogP) is 2.89. The van der Waals surface area contributed by atoms with Crippen LogP contribution < -0.4 is 10.6 Å². The minimum absolute atomic E-state index is 0.0684. The van der Waals surface area contributed by atoms with Crippen LogP contribution in [-0.2, 0) is 0 Å². The third kappa shape index (κ3) is 2.59. The summed E-state index contributed by atoms with van der Waals surface area (Å²) in [5.74, 6) is 0.874. The molecule has 0 spiro atoms. The fraction of sp³-hybridized carbons (Fsp3) is 0.188. The molecule has 24 heavy (non-hydrogen) atoms. The maximum atomic E-state index is 12.3. The van der Waals surface area contributed by atoms with Gasteiger partial charge in [-0.1, -0.05) is 23.7 Å². The Labute approximate surface area is 147 Å². The summed E-state index contributed by atoms with van der Waals surface area (Å²) in [6.07, 6.45) is 0. The molecule has 3 heterocycles. The van der Waals surface area contributed by atoms with Gasteiger partial charge in [0, 0.05) is 12.3 Å². The molecule has 1 aromatic carbocycles. The Morgan fingerprint density at radius 2 is 1.79 bits per heavy atom. The first-order valence-electron chi connectivity index (χ1n) is 7.40. The van der Waals surface area contributed by atoms with E-state index < -0.39 is 0 Å². The highest BCUT2D eigenvalue weighted by Crippen LogP contribution is 2.32. The summed E-state index contributed by atoms with van der Waals surface area (Å²) >= 11 is 7.44. The van der Waals surface area contributed by atoms with Gasteiger partial charge < -0.3 is 10.6 Å². The molecule has 0 saturated heterocycles. The van der Waals surface area contributed by atoms with Crippen LogP contribution in [0.5, 0.6) is 0 Å². The standard InChI is InChI=1S/C16H13ClN4O2S/c17-12-6-5-11-13(19-12)20-16(18-11)24-8-7-21-14(22)9-3-1-2-4-10(9)15(21)23/h1-6,16,18H,7-8H2,(H,19,20). The smallest absolute Gasteiger partial charge is 0.261 e. The second-order valence-corrected chi connectivity index (χ2v) is 6.98. The summed E-state index contributed by atoms with van der Waals surface area (Å²) in [4.78, 5) is 30.1. The van der Waals surface area contributed by atoms with Crippen molar-refractivity contribution in [2.24, 2.45) is 0 Å². The van der Waals surface area contributed by atoms with Crippen LogP contribution in [0.2, 0.25) is 5.15 Å². The molecule has 0 radical (unpaired) electrons. The maximum Gasteiger partial charge on any atom is 0.261 e. The third-order valence-corrected chi connectivity index (χ3v) is 5.09. The Hall–Kier alpha value is -2.25. The number of nitrogens with zero attached hydrogens (tertiary/aromatic N) is 2.